The number of rotatable bonds is 15. The van der Waals surface area contributed by atoms with Gasteiger partial charge in [-0.15, -0.1) is 12.8 Å². The summed E-state index contributed by atoms with van der Waals surface area (Å²) in [6.45, 7) is 2.86. The molecule has 0 unspecified atom stereocenters. The first kappa shape index (κ1) is 35.4. The van der Waals surface area contributed by atoms with Crippen molar-refractivity contribution in [2.45, 2.75) is 73.5 Å². The summed E-state index contributed by atoms with van der Waals surface area (Å²) in [5.74, 6) is -0.164. The van der Waals surface area contributed by atoms with Crippen LogP contribution in [0.5, 0.6) is 5.75 Å². The number of halogens is 4. The Morgan fingerprint density at radius 3 is 2.31 bits per heavy atom. The van der Waals surface area contributed by atoms with Crippen LogP contribution < -0.4 is 4.74 Å². The molecule has 1 aromatic rings. The average Bonchev–Trinajstić information content (AvgIpc) is 2.91. The third kappa shape index (κ3) is 14.8. The number of alkyl halides is 4. The molecule has 1 rings (SSSR count). The van der Waals surface area contributed by atoms with E-state index in [2.05, 4.69) is 22.6 Å². The molecule has 39 heavy (non-hydrogen) atoms. The predicted octanol–water partition coefficient (Wildman–Crippen LogP) is 8.66. The molecule has 0 spiro atoms. The Morgan fingerprint density at radius 2 is 1.77 bits per heavy atom. The van der Waals surface area contributed by atoms with Gasteiger partial charge in [0.25, 0.3) is 0 Å². The number of aliphatic hydroxyl groups is 1. The van der Waals surface area contributed by atoms with Crippen LogP contribution in [0.2, 0.25) is 0 Å². The molecule has 0 aromatic heterocycles. The lowest BCUT2D eigenvalue weighted by molar-refractivity contribution is -0.0953. The van der Waals surface area contributed by atoms with Crippen LogP contribution in [0.3, 0.4) is 0 Å². The van der Waals surface area contributed by atoms with Gasteiger partial charge >= 0.3 is 13.2 Å². The number of unbranched alkanes of at least 4 members (excludes halogenated alkanes) is 1. The Balaban J connectivity index is 0.00000704. The van der Waals surface area contributed by atoms with Crippen LogP contribution in [-0.4, -0.2) is 31.2 Å². The molecular weight excluding hydrogens is 510 g/mol. The van der Waals surface area contributed by atoms with Crippen LogP contribution in [0.1, 0.15) is 65.0 Å². The maximum absolute atomic E-state index is 13.2. The highest BCUT2D eigenvalue weighted by Crippen LogP contribution is 2.32. The van der Waals surface area contributed by atoms with Crippen LogP contribution in [0, 0.1) is 12.8 Å². The molecule has 0 aliphatic carbocycles. The molecular formula is C31H39F4NO3. The van der Waals surface area contributed by atoms with Crippen LogP contribution in [0.15, 0.2) is 76.2 Å². The van der Waals surface area contributed by atoms with E-state index in [1.807, 2.05) is 39.8 Å². The highest BCUT2D eigenvalue weighted by molar-refractivity contribution is 5.82. The number of aliphatic imine (C=N–C) groups is 1. The molecule has 0 aliphatic heterocycles. The van der Waals surface area contributed by atoms with E-state index in [1.54, 1.807) is 30.5 Å². The van der Waals surface area contributed by atoms with E-state index in [0.717, 1.165) is 36.0 Å². The number of terminal acetylenes is 1. The molecule has 0 heterocycles. The largest absolute Gasteiger partial charge is 0.440 e. The van der Waals surface area contributed by atoms with Gasteiger partial charge in [0, 0.05) is 11.8 Å². The minimum absolute atomic E-state index is 0.0751. The monoisotopic (exact) mass is 549 g/mol. The standard InChI is InChI=1S/C29H37F4NO3.C2H2/c1-6-9-10-25(19-35)34-18-22(8-3)16-23-12-14-27(37-29(32)33)26(17-23)24(13-11-20(4)7-2)15-21(5)36-28(30)31;1-2/h8,10-15,17-18,28-29,35H,6-7,9,16,19H2,1-5H3;1-2H/b20-11?,21-15+,22-8-,24-13+,25-10+,34-18+;. The number of nitrogens with zero attached hydrogens (tertiary/aromatic N) is 1. The summed E-state index contributed by atoms with van der Waals surface area (Å²) in [5, 5.41) is 9.51. The summed E-state index contributed by atoms with van der Waals surface area (Å²) < 4.78 is 61.2. The third-order valence-electron chi connectivity index (χ3n) is 5.32. The number of aliphatic hydroxyl groups excluding tert-OH is 1. The minimum Gasteiger partial charge on any atom is -0.440 e. The maximum atomic E-state index is 13.2. The van der Waals surface area contributed by atoms with Gasteiger partial charge < -0.3 is 14.6 Å². The minimum atomic E-state index is -3.06. The number of benzene rings is 1. The first-order valence-corrected chi connectivity index (χ1v) is 12.5. The van der Waals surface area contributed by atoms with Gasteiger partial charge in [0.15, 0.2) is 0 Å². The lowest BCUT2D eigenvalue weighted by Crippen LogP contribution is -2.05. The molecule has 0 bridgehead atoms. The second-order valence-electron chi connectivity index (χ2n) is 8.27. The van der Waals surface area contributed by atoms with Gasteiger partial charge in [0.1, 0.15) is 11.5 Å². The molecule has 1 aromatic carbocycles. The fourth-order valence-corrected chi connectivity index (χ4v) is 3.16. The Hall–Kier alpha value is -3.57. The number of allylic oxidation sites excluding steroid dienone is 9. The first-order valence-electron chi connectivity index (χ1n) is 12.5. The maximum Gasteiger partial charge on any atom is 0.387 e. The van der Waals surface area contributed by atoms with Gasteiger partial charge in [-0.05, 0) is 75.0 Å². The zero-order valence-electron chi connectivity index (χ0n) is 23.3. The molecule has 1 N–H and O–H groups in total. The second kappa shape index (κ2) is 20.4. The van der Waals surface area contributed by atoms with E-state index >= 15 is 0 Å². The van der Waals surface area contributed by atoms with Crippen molar-refractivity contribution >= 4 is 11.8 Å². The molecule has 0 aliphatic rings. The van der Waals surface area contributed by atoms with E-state index < -0.39 is 13.2 Å². The normalized spacial score (nSPS) is 13.6. The summed E-state index contributed by atoms with van der Waals surface area (Å²) in [4.78, 5) is 4.36. The summed E-state index contributed by atoms with van der Waals surface area (Å²) >= 11 is 0. The van der Waals surface area contributed by atoms with E-state index in [1.165, 1.54) is 19.1 Å². The van der Waals surface area contributed by atoms with Crippen molar-refractivity contribution in [3.8, 4) is 18.6 Å². The van der Waals surface area contributed by atoms with Crippen molar-refractivity contribution in [1.29, 1.82) is 0 Å². The lowest BCUT2D eigenvalue weighted by Gasteiger charge is -2.15. The van der Waals surface area contributed by atoms with Gasteiger partial charge in [-0.1, -0.05) is 56.2 Å². The molecule has 4 nitrogen and oxygen atoms in total. The molecule has 0 saturated carbocycles. The fourth-order valence-electron chi connectivity index (χ4n) is 3.16. The van der Waals surface area contributed by atoms with E-state index in [0.29, 0.717) is 23.3 Å². The highest BCUT2D eigenvalue weighted by atomic mass is 19.3. The topological polar surface area (TPSA) is 51.1 Å². The molecule has 0 atom stereocenters. The number of hydrogen-bond donors (Lipinski definition) is 1. The van der Waals surface area contributed by atoms with Crippen molar-refractivity contribution in [2.75, 3.05) is 6.61 Å². The van der Waals surface area contributed by atoms with Crippen LogP contribution >= 0.6 is 0 Å². The van der Waals surface area contributed by atoms with Crippen LogP contribution in [0.4, 0.5) is 17.6 Å². The van der Waals surface area contributed by atoms with Crippen LogP contribution in [0.25, 0.3) is 5.57 Å². The van der Waals surface area contributed by atoms with E-state index in [-0.39, 0.29) is 18.1 Å². The van der Waals surface area contributed by atoms with E-state index in [4.69, 9.17) is 4.74 Å². The van der Waals surface area contributed by atoms with Crippen molar-refractivity contribution < 1.29 is 32.1 Å². The average molecular weight is 550 g/mol. The second-order valence-corrected chi connectivity index (χ2v) is 8.27. The molecule has 214 valence electrons. The van der Waals surface area contributed by atoms with Crippen molar-refractivity contribution in [1.82, 2.24) is 0 Å². The van der Waals surface area contributed by atoms with Gasteiger partial charge in [-0.2, -0.15) is 17.6 Å². The molecule has 8 heteroatoms. The summed E-state index contributed by atoms with van der Waals surface area (Å²) in [7, 11) is 0. The van der Waals surface area contributed by atoms with Gasteiger partial charge in [-0.25, -0.2) is 0 Å². The molecule has 0 radical (unpaired) electrons. The highest BCUT2D eigenvalue weighted by Gasteiger charge is 2.15. The Bertz CT molecular complexity index is 1080. The summed E-state index contributed by atoms with van der Waals surface area (Å²) in [6.07, 6.45) is 21.1. The van der Waals surface area contributed by atoms with Gasteiger partial charge in [0.05, 0.1) is 12.3 Å². The first-order chi connectivity index (χ1) is 18.6. The number of hydrogen-bond acceptors (Lipinski definition) is 4. The van der Waals surface area contributed by atoms with Crippen molar-refractivity contribution in [3.63, 3.8) is 0 Å². The van der Waals surface area contributed by atoms with Gasteiger partial charge in [0.2, 0.25) is 0 Å². The predicted molar refractivity (Wildman–Crippen MR) is 152 cm³/mol. The smallest absolute Gasteiger partial charge is 0.387 e. The van der Waals surface area contributed by atoms with Crippen molar-refractivity contribution in [2.24, 2.45) is 4.99 Å². The fraction of sp³-hybridized carbons (Fsp3) is 0.387. The molecule has 0 amide bonds. The Morgan fingerprint density at radius 1 is 1.08 bits per heavy atom. The zero-order valence-corrected chi connectivity index (χ0v) is 23.3. The molecule has 0 saturated heterocycles. The van der Waals surface area contributed by atoms with Crippen molar-refractivity contribution in [3.05, 3.63) is 82.3 Å². The summed E-state index contributed by atoms with van der Waals surface area (Å²) in [6, 6.07) is 4.78. The Kier molecular flexibility index (Phi) is 18.5. The third-order valence-corrected chi connectivity index (χ3v) is 5.32. The molecule has 0 fully saturated rings. The summed E-state index contributed by atoms with van der Waals surface area (Å²) in [5.41, 5.74) is 3.86. The number of ether oxygens (including phenoxy) is 2. The lowest BCUT2D eigenvalue weighted by atomic mass is 9.97. The Labute approximate surface area is 230 Å². The van der Waals surface area contributed by atoms with Gasteiger partial charge in [-0.3, -0.25) is 4.99 Å². The quantitative estimate of drug-likeness (QED) is 0.0783. The van der Waals surface area contributed by atoms with E-state index in [9.17, 15) is 22.7 Å². The SMILES string of the molecule is C#C.C\C=C(/C=N/C(=C/CCC)CO)Cc1ccc(OC(F)F)c(C(/C=C(\C)OC(F)F)=C/C=C(C)CC)c1. The van der Waals surface area contributed by atoms with Crippen LogP contribution in [-0.2, 0) is 11.2 Å². The zero-order chi connectivity index (χ0) is 29.8.